The van der Waals surface area contributed by atoms with Crippen LogP contribution in [0, 0.1) is 0 Å². The van der Waals surface area contributed by atoms with E-state index in [-0.39, 0.29) is 5.92 Å². The second-order valence-corrected chi connectivity index (χ2v) is 5.04. The van der Waals surface area contributed by atoms with Crippen LogP contribution in [-0.2, 0) is 6.61 Å². The van der Waals surface area contributed by atoms with E-state index in [0.717, 1.165) is 4.88 Å². The number of nitrogens with two attached hydrogens (primary N) is 1. The SMILES string of the molecule is CC(C)c1nc(N)cc(OCc2cccs2)n1. The maximum atomic E-state index is 5.72. The van der Waals surface area contributed by atoms with E-state index >= 15 is 0 Å². The van der Waals surface area contributed by atoms with Gasteiger partial charge in [-0.05, 0) is 11.4 Å². The van der Waals surface area contributed by atoms with Crippen molar-refractivity contribution in [1.29, 1.82) is 0 Å². The average Bonchev–Trinajstić information content (AvgIpc) is 2.78. The number of rotatable bonds is 4. The maximum Gasteiger partial charge on any atom is 0.219 e. The van der Waals surface area contributed by atoms with Crippen molar-refractivity contribution in [2.45, 2.75) is 26.4 Å². The highest BCUT2D eigenvalue weighted by Crippen LogP contribution is 2.18. The van der Waals surface area contributed by atoms with Crippen LogP contribution in [0.3, 0.4) is 0 Å². The molecule has 2 aromatic rings. The Hall–Kier alpha value is -1.62. The van der Waals surface area contributed by atoms with Gasteiger partial charge in [0.25, 0.3) is 0 Å². The van der Waals surface area contributed by atoms with Crippen molar-refractivity contribution in [3.05, 3.63) is 34.3 Å². The Labute approximate surface area is 104 Å². The fourth-order valence-corrected chi connectivity index (χ4v) is 1.95. The predicted octanol–water partition coefficient (Wildman–Crippen LogP) is 2.82. The number of aromatic nitrogens is 2. The molecule has 2 rings (SSSR count). The molecule has 2 heterocycles. The summed E-state index contributed by atoms with van der Waals surface area (Å²) in [6, 6.07) is 5.68. The van der Waals surface area contributed by atoms with Crippen molar-refractivity contribution in [3.63, 3.8) is 0 Å². The zero-order chi connectivity index (χ0) is 12.3. The molecule has 0 amide bonds. The summed E-state index contributed by atoms with van der Waals surface area (Å²) in [7, 11) is 0. The first-order chi connectivity index (χ1) is 8.15. The molecule has 0 aliphatic heterocycles. The van der Waals surface area contributed by atoms with Gasteiger partial charge in [-0.15, -0.1) is 11.3 Å². The highest BCUT2D eigenvalue weighted by molar-refractivity contribution is 7.09. The quantitative estimate of drug-likeness (QED) is 0.905. The van der Waals surface area contributed by atoms with Crippen LogP contribution in [0.4, 0.5) is 5.82 Å². The van der Waals surface area contributed by atoms with Crippen molar-refractivity contribution in [3.8, 4) is 5.88 Å². The monoisotopic (exact) mass is 249 g/mol. The number of nitrogen functional groups attached to an aromatic ring is 1. The van der Waals surface area contributed by atoms with Gasteiger partial charge in [0.15, 0.2) is 0 Å². The van der Waals surface area contributed by atoms with Crippen LogP contribution in [0.5, 0.6) is 5.88 Å². The van der Waals surface area contributed by atoms with Crippen molar-refractivity contribution in [2.75, 3.05) is 5.73 Å². The Bertz CT molecular complexity index is 483. The lowest BCUT2D eigenvalue weighted by molar-refractivity contribution is 0.295. The Morgan fingerprint density at radius 3 is 2.88 bits per heavy atom. The van der Waals surface area contributed by atoms with Crippen LogP contribution in [0.15, 0.2) is 23.6 Å². The standard InChI is InChI=1S/C12H15N3OS/c1-8(2)12-14-10(13)6-11(15-12)16-7-9-4-3-5-17-9/h3-6,8H,7H2,1-2H3,(H2,13,14,15). The van der Waals surface area contributed by atoms with Crippen molar-refractivity contribution < 1.29 is 4.74 Å². The van der Waals surface area contributed by atoms with Crippen LogP contribution < -0.4 is 10.5 Å². The molecular weight excluding hydrogens is 234 g/mol. The van der Waals surface area contributed by atoms with Crippen LogP contribution >= 0.6 is 11.3 Å². The molecule has 0 saturated heterocycles. The third kappa shape index (κ3) is 3.17. The molecule has 4 nitrogen and oxygen atoms in total. The van der Waals surface area contributed by atoms with Crippen LogP contribution in [0.25, 0.3) is 0 Å². The highest BCUT2D eigenvalue weighted by atomic mass is 32.1. The van der Waals surface area contributed by atoms with Crippen LogP contribution in [0.2, 0.25) is 0 Å². The molecule has 5 heteroatoms. The molecule has 0 atom stereocenters. The van der Waals surface area contributed by atoms with E-state index in [2.05, 4.69) is 9.97 Å². The summed E-state index contributed by atoms with van der Waals surface area (Å²) in [5.41, 5.74) is 5.72. The van der Waals surface area contributed by atoms with Crippen LogP contribution in [0.1, 0.15) is 30.5 Å². The molecule has 0 aliphatic carbocycles. The van der Waals surface area contributed by atoms with E-state index in [1.807, 2.05) is 31.4 Å². The van der Waals surface area contributed by atoms with Gasteiger partial charge in [-0.25, -0.2) is 4.98 Å². The Balaban J connectivity index is 2.10. The summed E-state index contributed by atoms with van der Waals surface area (Å²) in [6.07, 6.45) is 0. The summed E-state index contributed by atoms with van der Waals surface area (Å²) in [5.74, 6) is 1.94. The van der Waals surface area contributed by atoms with Gasteiger partial charge in [0.1, 0.15) is 18.2 Å². The molecule has 0 aliphatic rings. The maximum absolute atomic E-state index is 5.72. The largest absolute Gasteiger partial charge is 0.472 e. The summed E-state index contributed by atoms with van der Waals surface area (Å²) in [5, 5.41) is 2.02. The smallest absolute Gasteiger partial charge is 0.219 e. The van der Waals surface area contributed by atoms with Gasteiger partial charge < -0.3 is 10.5 Å². The number of hydrogen-bond acceptors (Lipinski definition) is 5. The van der Waals surface area contributed by atoms with Crippen molar-refractivity contribution >= 4 is 17.2 Å². The molecule has 0 unspecified atom stereocenters. The third-order valence-electron chi connectivity index (χ3n) is 2.20. The van der Waals surface area contributed by atoms with E-state index in [1.54, 1.807) is 17.4 Å². The number of ether oxygens (including phenoxy) is 1. The lowest BCUT2D eigenvalue weighted by Crippen LogP contribution is -2.04. The lowest BCUT2D eigenvalue weighted by atomic mass is 10.2. The Morgan fingerprint density at radius 1 is 1.41 bits per heavy atom. The fourth-order valence-electron chi connectivity index (χ4n) is 1.33. The summed E-state index contributed by atoms with van der Waals surface area (Å²) >= 11 is 1.66. The number of nitrogens with zero attached hydrogens (tertiary/aromatic N) is 2. The summed E-state index contributed by atoms with van der Waals surface area (Å²) in [4.78, 5) is 9.65. The molecule has 90 valence electrons. The molecular formula is C12H15N3OS. The Kier molecular flexibility index (Phi) is 3.58. The molecule has 17 heavy (non-hydrogen) atoms. The molecule has 0 spiro atoms. The number of hydrogen-bond donors (Lipinski definition) is 1. The van der Waals surface area contributed by atoms with Gasteiger partial charge in [0, 0.05) is 16.9 Å². The minimum atomic E-state index is 0.239. The van der Waals surface area contributed by atoms with E-state index < -0.39 is 0 Å². The summed E-state index contributed by atoms with van der Waals surface area (Å²) < 4.78 is 5.60. The molecule has 0 saturated carbocycles. The van der Waals surface area contributed by atoms with Gasteiger partial charge in [-0.3, -0.25) is 0 Å². The second-order valence-electron chi connectivity index (χ2n) is 4.01. The van der Waals surface area contributed by atoms with E-state index in [1.165, 1.54) is 0 Å². The molecule has 0 aromatic carbocycles. The summed E-state index contributed by atoms with van der Waals surface area (Å²) in [6.45, 7) is 4.57. The first kappa shape index (κ1) is 11.9. The number of thiophene rings is 1. The predicted molar refractivity (Wildman–Crippen MR) is 69.2 cm³/mol. The normalized spacial score (nSPS) is 10.8. The third-order valence-corrected chi connectivity index (χ3v) is 3.05. The van der Waals surface area contributed by atoms with Gasteiger partial charge >= 0.3 is 0 Å². The first-order valence-electron chi connectivity index (χ1n) is 5.45. The number of anilines is 1. The van der Waals surface area contributed by atoms with Crippen molar-refractivity contribution in [2.24, 2.45) is 0 Å². The zero-order valence-corrected chi connectivity index (χ0v) is 10.7. The molecule has 2 aromatic heterocycles. The van der Waals surface area contributed by atoms with E-state index in [0.29, 0.717) is 24.1 Å². The Morgan fingerprint density at radius 2 is 2.24 bits per heavy atom. The molecule has 0 fully saturated rings. The van der Waals surface area contributed by atoms with Gasteiger partial charge in [-0.2, -0.15) is 4.98 Å². The topological polar surface area (TPSA) is 61.0 Å². The molecule has 0 radical (unpaired) electrons. The fraction of sp³-hybridized carbons (Fsp3) is 0.333. The minimum Gasteiger partial charge on any atom is -0.472 e. The van der Waals surface area contributed by atoms with E-state index in [9.17, 15) is 0 Å². The molecule has 2 N–H and O–H groups in total. The van der Waals surface area contributed by atoms with Crippen LogP contribution in [-0.4, -0.2) is 9.97 Å². The first-order valence-corrected chi connectivity index (χ1v) is 6.33. The van der Waals surface area contributed by atoms with E-state index in [4.69, 9.17) is 10.5 Å². The van der Waals surface area contributed by atoms with Gasteiger partial charge in [0.2, 0.25) is 5.88 Å². The highest BCUT2D eigenvalue weighted by Gasteiger charge is 2.07. The van der Waals surface area contributed by atoms with Crippen molar-refractivity contribution in [1.82, 2.24) is 9.97 Å². The zero-order valence-electron chi connectivity index (χ0n) is 9.88. The van der Waals surface area contributed by atoms with Gasteiger partial charge in [-0.1, -0.05) is 19.9 Å². The minimum absolute atomic E-state index is 0.239. The molecule has 0 bridgehead atoms. The lowest BCUT2D eigenvalue weighted by Gasteiger charge is -2.08. The second kappa shape index (κ2) is 5.14. The van der Waals surface area contributed by atoms with Gasteiger partial charge in [0.05, 0.1) is 0 Å². The average molecular weight is 249 g/mol.